The lowest BCUT2D eigenvalue weighted by molar-refractivity contribution is -0.142. The van der Waals surface area contributed by atoms with Crippen molar-refractivity contribution >= 4 is 30.7 Å². The number of nitrogens with zero attached hydrogens (tertiary/aromatic N) is 4. The van der Waals surface area contributed by atoms with Crippen molar-refractivity contribution in [3.05, 3.63) is 78.4 Å². The number of nitrogen functional groups attached to an aromatic ring is 1. The molecule has 4 aromatic rings. The summed E-state index contributed by atoms with van der Waals surface area (Å²) in [6.07, 6.45) is 3.05. The van der Waals surface area contributed by atoms with Crippen LogP contribution in [0.15, 0.2) is 67.3 Å². The monoisotopic (exact) mass is 496 g/mol. The molecular weight excluding hydrogens is 471 g/mol. The predicted octanol–water partition coefficient (Wildman–Crippen LogP) is 3.31. The average Bonchev–Trinajstić information content (AvgIpc) is 3.27. The van der Waals surface area contributed by atoms with Crippen LogP contribution in [0.25, 0.3) is 11.2 Å². The van der Waals surface area contributed by atoms with Gasteiger partial charge in [-0.1, -0.05) is 42.5 Å². The van der Waals surface area contributed by atoms with Crippen LogP contribution in [0.4, 0.5) is 5.82 Å². The first kappa shape index (κ1) is 24.3. The number of methoxy groups -OCH3 is 1. The van der Waals surface area contributed by atoms with E-state index in [-0.39, 0.29) is 6.61 Å². The zero-order valence-corrected chi connectivity index (χ0v) is 20.1. The summed E-state index contributed by atoms with van der Waals surface area (Å²) in [5.74, 6) is 0.0608. The lowest BCUT2D eigenvalue weighted by atomic mass is 10.1. The Hall–Kier alpha value is -3.79. The van der Waals surface area contributed by atoms with E-state index in [0.29, 0.717) is 29.3 Å². The van der Waals surface area contributed by atoms with Gasteiger partial charge in [-0.3, -0.25) is 9.32 Å². The standard InChI is InChI=1S/C23H25N6O5P/c1-16(23(30)32-2)28-35(31,34-19-9-4-3-5-10-19)33-13-18-8-6-7-17(11-18)12-29-15-27-20-21(24)25-14-26-22(20)29/h3-11,14-16H,12-13H2,1-2H3,(H,28,31)(H2,24,25,26). The van der Waals surface area contributed by atoms with Crippen LogP contribution in [0.1, 0.15) is 18.1 Å². The minimum absolute atomic E-state index is 0.0291. The van der Waals surface area contributed by atoms with E-state index in [4.69, 9.17) is 19.5 Å². The predicted molar refractivity (Wildman–Crippen MR) is 129 cm³/mol. The molecule has 0 aliphatic rings. The van der Waals surface area contributed by atoms with Crippen LogP contribution in [-0.4, -0.2) is 38.6 Å². The number of para-hydroxylation sites is 1. The molecule has 0 saturated carbocycles. The van der Waals surface area contributed by atoms with Crippen molar-refractivity contribution in [2.45, 2.75) is 26.1 Å². The molecule has 2 aromatic carbocycles. The number of nitrogens with one attached hydrogen (secondary N) is 1. The molecular formula is C23H25N6O5P. The van der Waals surface area contributed by atoms with E-state index in [2.05, 4.69) is 20.0 Å². The van der Waals surface area contributed by atoms with Gasteiger partial charge in [0.25, 0.3) is 0 Å². The quantitative estimate of drug-likeness (QED) is 0.248. The molecule has 2 aromatic heterocycles. The third-order valence-corrected chi connectivity index (χ3v) is 6.67. The Morgan fingerprint density at radius 2 is 1.89 bits per heavy atom. The number of nitrogens with two attached hydrogens (primary N) is 1. The number of benzene rings is 2. The Balaban J connectivity index is 1.50. The van der Waals surface area contributed by atoms with Crippen molar-refractivity contribution in [1.82, 2.24) is 24.6 Å². The van der Waals surface area contributed by atoms with Crippen LogP contribution in [0.3, 0.4) is 0 Å². The van der Waals surface area contributed by atoms with Gasteiger partial charge in [-0.15, -0.1) is 0 Å². The summed E-state index contributed by atoms with van der Waals surface area (Å²) in [6.45, 7) is 1.97. The van der Waals surface area contributed by atoms with Crippen molar-refractivity contribution in [2.24, 2.45) is 0 Å². The van der Waals surface area contributed by atoms with Crippen LogP contribution >= 0.6 is 7.75 Å². The third-order valence-electron chi connectivity index (χ3n) is 5.05. The van der Waals surface area contributed by atoms with Gasteiger partial charge < -0.3 is 19.6 Å². The lowest BCUT2D eigenvalue weighted by Crippen LogP contribution is -2.34. The van der Waals surface area contributed by atoms with Gasteiger partial charge in [0.2, 0.25) is 0 Å². The molecule has 2 heterocycles. The van der Waals surface area contributed by atoms with E-state index < -0.39 is 19.8 Å². The normalized spacial score (nSPS) is 13.8. The van der Waals surface area contributed by atoms with Crippen molar-refractivity contribution < 1.29 is 23.1 Å². The van der Waals surface area contributed by atoms with Crippen LogP contribution in [0, 0.1) is 0 Å². The third kappa shape index (κ3) is 6.02. The number of carbonyl (C=O) groups excluding carboxylic acids is 1. The minimum Gasteiger partial charge on any atom is -0.468 e. The maximum Gasteiger partial charge on any atom is 0.459 e. The number of fused-ring (bicyclic) bond motifs is 1. The van der Waals surface area contributed by atoms with Crippen LogP contribution in [-0.2, 0) is 31.8 Å². The SMILES string of the molecule is COC(=O)C(C)NP(=O)(OCc1cccc(Cn2cnc3c(N)ncnc32)c1)Oc1ccccc1. The fraction of sp³-hybridized carbons (Fsp3) is 0.217. The molecule has 0 aliphatic heterocycles. The van der Waals surface area contributed by atoms with E-state index in [1.807, 2.05) is 28.8 Å². The molecule has 0 fully saturated rings. The van der Waals surface area contributed by atoms with E-state index in [1.165, 1.54) is 20.4 Å². The molecule has 182 valence electrons. The molecule has 0 spiro atoms. The molecule has 3 N–H and O–H groups in total. The van der Waals surface area contributed by atoms with Gasteiger partial charge in [0.1, 0.15) is 23.6 Å². The molecule has 0 saturated heterocycles. The maximum absolute atomic E-state index is 13.5. The summed E-state index contributed by atoms with van der Waals surface area (Å²) in [4.78, 5) is 24.4. The Morgan fingerprint density at radius 1 is 1.11 bits per heavy atom. The lowest BCUT2D eigenvalue weighted by Gasteiger charge is -2.22. The first-order valence-electron chi connectivity index (χ1n) is 10.7. The minimum atomic E-state index is -3.94. The molecule has 0 amide bonds. The molecule has 35 heavy (non-hydrogen) atoms. The number of ether oxygens (including phenoxy) is 1. The molecule has 2 atom stereocenters. The number of hydrogen-bond acceptors (Lipinski definition) is 9. The molecule has 2 unspecified atom stereocenters. The molecule has 11 nitrogen and oxygen atoms in total. The van der Waals surface area contributed by atoms with Crippen LogP contribution in [0.2, 0.25) is 0 Å². The number of carbonyl (C=O) groups is 1. The summed E-state index contributed by atoms with van der Waals surface area (Å²) in [7, 11) is -2.69. The summed E-state index contributed by atoms with van der Waals surface area (Å²) >= 11 is 0. The Labute approximate surface area is 201 Å². The first-order chi connectivity index (χ1) is 16.9. The van der Waals surface area contributed by atoms with Gasteiger partial charge in [0, 0.05) is 0 Å². The Kier molecular flexibility index (Phi) is 7.40. The maximum atomic E-state index is 13.5. The summed E-state index contributed by atoms with van der Waals surface area (Å²) in [6, 6.07) is 15.2. The van der Waals surface area contributed by atoms with Gasteiger partial charge in [-0.2, -0.15) is 5.09 Å². The zero-order chi connectivity index (χ0) is 24.8. The van der Waals surface area contributed by atoms with E-state index >= 15 is 0 Å². The molecule has 0 radical (unpaired) electrons. The van der Waals surface area contributed by atoms with Gasteiger partial charge in [-0.05, 0) is 30.2 Å². The second-order valence-corrected chi connectivity index (χ2v) is 9.37. The van der Waals surface area contributed by atoms with E-state index in [9.17, 15) is 9.36 Å². The second-order valence-electron chi connectivity index (χ2n) is 7.67. The number of esters is 1. The summed E-state index contributed by atoms with van der Waals surface area (Å²) in [5.41, 5.74) is 8.73. The Bertz CT molecular complexity index is 1360. The number of aromatic nitrogens is 4. The van der Waals surface area contributed by atoms with Crippen LogP contribution < -0.4 is 15.3 Å². The smallest absolute Gasteiger partial charge is 0.459 e. The number of imidazole rings is 1. The van der Waals surface area contributed by atoms with E-state index in [1.54, 1.807) is 36.7 Å². The van der Waals surface area contributed by atoms with Crippen molar-refractivity contribution in [3.8, 4) is 5.75 Å². The van der Waals surface area contributed by atoms with Crippen LogP contribution in [0.5, 0.6) is 5.75 Å². The first-order valence-corrected chi connectivity index (χ1v) is 12.2. The highest BCUT2D eigenvalue weighted by Crippen LogP contribution is 2.45. The number of anilines is 1. The molecule has 4 rings (SSSR count). The number of hydrogen-bond donors (Lipinski definition) is 2. The molecule has 12 heteroatoms. The van der Waals surface area contributed by atoms with Gasteiger partial charge in [0.15, 0.2) is 11.5 Å². The summed E-state index contributed by atoms with van der Waals surface area (Å²) in [5, 5.41) is 2.64. The fourth-order valence-electron chi connectivity index (χ4n) is 3.37. The second kappa shape index (κ2) is 10.6. The number of rotatable bonds is 10. The van der Waals surface area contributed by atoms with Crippen molar-refractivity contribution in [2.75, 3.05) is 12.8 Å². The molecule has 0 bridgehead atoms. The van der Waals surface area contributed by atoms with Gasteiger partial charge in [-0.25, -0.2) is 19.5 Å². The average molecular weight is 496 g/mol. The Morgan fingerprint density at radius 3 is 2.66 bits per heavy atom. The summed E-state index contributed by atoms with van der Waals surface area (Å²) < 4.78 is 31.4. The highest BCUT2D eigenvalue weighted by atomic mass is 31.2. The highest BCUT2D eigenvalue weighted by Gasteiger charge is 2.32. The molecule has 0 aliphatic carbocycles. The zero-order valence-electron chi connectivity index (χ0n) is 19.2. The van der Waals surface area contributed by atoms with Crippen molar-refractivity contribution in [3.63, 3.8) is 0 Å². The van der Waals surface area contributed by atoms with E-state index in [0.717, 1.165) is 11.1 Å². The largest absolute Gasteiger partial charge is 0.468 e. The topological polar surface area (TPSA) is 143 Å². The van der Waals surface area contributed by atoms with Gasteiger partial charge >= 0.3 is 13.7 Å². The van der Waals surface area contributed by atoms with Crippen molar-refractivity contribution in [1.29, 1.82) is 0 Å². The van der Waals surface area contributed by atoms with Gasteiger partial charge in [0.05, 0.1) is 26.6 Å². The highest BCUT2D eigenvalue weighted by molar-refractivity contribution is 7.52. The fourth-order valence-corrected chi connectivity index (χ4v) is 4.84.